The molecule has 0 spiro atoms. The maximum Gasteiger partial charge on any atom is 0.308 e. The zero-order valence-corrected chi connectivity index (χ0v) is 15.6. The lowest BCUT2D eigenvalue weighted by Crippen LogP contribution is -2.26. The molecule has 0 bridgehead atoms. The van der Waals surface area contributed by atoms with Crippen LogP contribution in [0.25, 0.3) is 0 Å². The number of hydrogen-bond donors (Lipinski definition) is 1. The molecule has 3 aromatic rings. The van der Waals surface area contributed by atoms with Crippen LogP contribution in [-0.4, -0.2) is 36.9 Å². The van der Waals surface area contributed by atoms with Gasteiger partial charge in [0.1, 0.15) is 5.82 Å². The number of amides is 1. The molecule has 146 valence electrons. The maximum atomic E-state index is 13.2. The topological polar surface area (TPSA) is 86.5 Å². The predicted molar refractivity (Wildman–Crippen MR) is 99.1 cm³/mol. The summed E-state index contributed by atoms with van der Waals surface area (Å²) in [5.74, 6) is 0.593. The molecular formula is C20H20FN3O4. The number of nitrogens with zero attached hydrogens (tertiary/aromatic N) is 2. The Balaban J connectivity index is 1.53. The molecule has 0 aliphatic heterocycles. The predicted octanol–water partition coefficient (Wildman–Crippen LogP) is 2.79. The monoisotopic (exact) mass is 385 g/mol. The molecule has 0 aliphatic rings. The smallest absolute Gasteiger partial charge is 0.308 e. The minimum atomic E-state index is -0.460. The number of halogens is 1. The number of aromatic nitrogens is 2. The van der Waals surface area contributed by atoms with Gasteiger partial charge in [-0.1, -0.05) is 18.2 Å². The summed E-state index contributed by atoms with van der Waals surface area (Å²) >= 11 is 0. The molecule has 1 amide bonds. The lowest BCUT2D eigenvalue weighted by Gasteiger charge is -2.09. The molecule has 2 aromatic carbocycles. The van der Waals surface area contributed by atoms with Gasteiger partial charge in [0.15, 0.2) is 11.5 Å². The quantitative estimate of drug-likeness (QED) is 0.642. The second-order valence-corrected chi connectivity index (χ2v) is 6.00. The van der Waals surface area contributed by atoms with E-state index in [1.165, 1.54) is 12.1 Å². The lowest BCUT2D eigenvalue weighted by molar-refractivity contribution is 0.0918. The molecule has 0 unspecified atom stereocenters. The minimum Gasteiger partial charge on any atom is -0.493 e. The van der Waals surface area contributed by atoms with E-state index >= 15 is 0 Å². The van der Waals surface area contributed by atoms with Gasteiger partial charge < -0.3 is 19.2 Å². The third kappa shape index (κ3) is 4.85. The molecule has 0 fully saturated rings. The van der Waals surface area contributed by atoms with Crippen LogP contribution in [0.1, 0.15) is 27.7 Å². The molecule has 7 nitrogen and oxygen atoms in total. The summed E-state index contributed by atoms with van der Waals surface area (Å²) in [6, 6.07) is 11.7. The van der Waals surface area contributed by atoms with Gasteiger partial charge in [-0.05, 0) is 41.8 Å². The summed E-state index contributed by atoms with van der Waals surface area (Å²) in [7, 11) is 3.14. The Hall–Kier alpha value is -3.42. The van der Waals surface area contributed by atoms with Gasteiger partial charge in [0, 0.05) is 6.54 Å². The molecule has 28 heavy (non-hydrogen) atoms. The molecule has 3 rings (SSSR count). The highest BCUT2D eigenvalue weighted by Crippen LogP contribution is 2.27. The van der Waals surface area contributed by atoms with E-state index in [-0.39, 0.29) is 24.0 Å². The van der Waals surface area contributed by atoms with Crippen molar-refractivity contribution in [2.24, 2.45) is 0 Å². The fourth-order valence-electron chi connectivity index (χ4n) is 2.67. The Morgan fingerprint density at radius 2 is 1.89 bits per heavy atom. The first-order valence-corrected chi connectivity index (χ1v) is 8.65. The van der Waals surface area contributed by atoms with Crippen molar-refractivity contribution in [3.8, 4) is 11.5 Å². The fraction of sp³-hybridized carbons (Fsp3) is 0.250. The number of benzene rings is 2. The molecular weight excluding hydrogens is 365 g/mol. The Morgan fingerprint density at radius 3 is 2.64 bits per heavy atom. The van der Waals surface area contributed by atoms with Crippen LogP contribution >= 0.6 is 0 Å². The Bertz CT molecular complexity index is 958. The highest BCUT2D eigenvalue weighted by molar-refractivity contribution is 5.89. The van der Waals surface area contributed by atoms with Crippen molar-refractivity contribution in [2.75, 3.05) is 20.8 Å². The van der Waals surface area contributed by atoms with Crippen LogP contribution in [0.4, 0.5) is 4.39 Å². The van der Waals surface area contributed by atoms with Gasteiger partial charge in [-0.2, -0.15) is 0 Å². The van der Waals surface area contributed by atoms with Crippen molar-refractivity contribution in [1.82, 2.24) is 15.5 Å². The van der Waals surface area contributed by atoms with Crippen molar-refractivity contribution < 1.29 is 23.1 Å². The number of carbonyl (C=O) groups is 1. The van der Waals surface area contributed by atoms with Crippen LogP contribution in [0, 0.1) is 5.82 Å². The van der Waals surface area contributed by atoms with Gasteiger partial charge in [-0.25, -0.2) is 4.39 Å². The van der Waals surface area contributed by atoms with Crippen molar-refractivity contribution in [3.05, 3.63) is 71.2 Å². The standard InChI is InChI=1S/C20H20FN3O4/c1-26-16-7-6-13(11-17(16)27-2)8-9-22-19(25)20-24-23-18(28-20)12-14-4-3-5-15(21)10-14/h3-7,10-11H,8-9,12H2,1-2H3,(H,22,25). The Morgan fingerprint density at radius 1 is 1.07 bits per heavy atom. The van der Waals surface area contributed by atoms with Gasteiger partial charge in [0.05, 0.1) is 20.6 Å². The molecule has 0 radical (unpaired) electrons. The lowest BCUT2D eigenvalue weighted by atomic mass is 10.1. The third-order valence-electron chi connectivity index (χ3n) is 4.05. The molecule has 8 heteroatoms. The molecule has 1 aromatic heterocycles. The van der Waals surface area contributed by atoms with Crippen LogP contribution < -0.4 is 14.8 Å². The first-order chi connectivity index (χ1) is 13.6. The molecule has 1 N–H and O–H groups in total. The molecule has 0 saturated carbocycles. The average molecular weight is 385 g/mol. The zero-order valence-electron chi connectivity index (χ0n) is 15.6. The zero-order chi connectivity index (χ0) is 19.9. The van der Waals surface area contributed by atoms with Crippen LogP contribution in [0.15, 0.2) is 46.9 Å². The molecule has 0 atom stereocenters. The van der Waals surface area contributed by atoms with E-state index in [4.69, 9.17) is 13.9 Å². The second-order valence-electron chi connectivity index (χ2n) is 6.00. The second kappa shape index (κ2) is 8.98. The summed E-state index contributed by atoms with van der Waals surface area (Å²) in [6.07, 6.45) is 0.847. The molecule has 0 saturated heterocycles. The van der Waals surface area contributed by atoms with Gasteiger partial charge in [0.2, 0.25) is 5.89 Å². The Labute approximate surface area is 161 Å². The highest BCUT2D eigenvalue weighted by atomic mass is 19.1. The van der Waals surface area contributed by atoms with E-state index in [1.54, 1.807) is 26.4 Å². The number of nitrogens with one attached hydrogen (secondary N) is 1. The van der Waals surface area contributed by atoms with Crippen LogP contribution in [0.2, 0.25) is 0 Å². The number of rotatable bonds is 8. The van der Waals surface area contributed by atoms with Crippen molar-refractivity contribution >= 4 is 5.91 Å². The van der Waals surface area contributed by atoms with Crippen LogP contribution in [0.5, 0.6) is 11.5 Å². The number of ether oxygens (including phenoxy) is 2. The van der Waals surface area contributed by atoms with Crippen molar-refractivity contribution in [3.63, 3.8) is 0 Å². The fourth-order valence-corrected chi connectivity index (χ4v) is 2.67. The third-order valence-corrected chi connectivity index (χ3v) is 4.05. The number of carbonyl (C=O) groups excluding carboxylic acids is 1. The SMILES string of the molecule is COc1ccc(CCNC(=O)c2nnc(Cc3cccc(F)c3)o2)cc1OC. The van der Waals surface area contributed by atoms with Crippen LogP contribution in [-0.2, 0) is 12.8 Å². The normalized spacial score (nSPS) is 10.5. The van der Waals surface area contributed by atoms with Crippen molar-refractivity contribution in [1.29, 1.82) is 0 Å². The van der Waals surface area contributed by atoms with Gasteiger partial charge >= 0.3 is 11.8 Å². The van der Waals surface area contributed by atoms with E-state index in [1.807, 2.05) is 18.2 Å². The minimum absolute atomic E-state index is 0.126. The average Bonchev–Trinajstić information content (AvgIpc) is 3.16. The number of hydrogen-bond acceptors (Lipinski definition) is 6. The van der Waals surface area contributed by atoms with E-state index < -0.39 is 5.91 Å². The van der Waals surface area contributed by atoms with Gasteiger partial charge in [-0.15, -0.1) is 10.2 Å². The summed E-state index contributed by atoms with van der Waals surface area (Å²) in [6.45, 7) is 0.385. The molecule has 0 aliphatic carbocycles. The van der Waals surface area contributed by atoms with E-state index in [0.29, 0.717) is 30.0 Å². The van der Waals surface area contributed by atoms with E-state index in [9.17, 15) is 9.18 Å². The Kier molecular flexibility index (Phi) is 6.21. The number of methoxy groups -OCH3 is 2. The first kappa shape index (κ1) is 19.3. The first-order valence-electron chi connectivity index (χ1n) is 8.65. The molecule has 1 heterocycles. The largest absolute Gasteiger partial charge is 0.493 e. The summed E-state index contributed by atoms with van der Waals surface area (Å²) < 4.78 is 29.1. The van der Waals surface area contributed by atoms with Gasteiger partial charge in [-0.3, -0.25) is 4.79 Å². The van der Waals surface area contributed by atoms with Crippen molar-refractivity contribution in [2.45, 2.75) is 12.8 Å². The van der Waals surface area contributed by atoms with Crippen LogP contribution in [0.3, 0.4) is 0 Å². The maximum absolute atomic E-state index is 13.2. The summed E-state index contributed by atoms with van der Waals surface area (Å²) in [5, 5.41) is 10.3. The van der Waals surface area contributed by atoms with E-state index in [0.717, 1.165) is 5.56 Å². The van der Waals surface area contributed by atoms with E-state index in [2.05, 4.69) is 15.5 Å². The van der Waals surface area contributed by atoms with Gasteiger partial charge in [0.25, 0.3) is 0 Å². The highest BCUT2D eigenvalue weighted by Gasteiger charge is 2.15. The summed E-state index contributed by atoms with van der Waals surface area (Å²) in [5.41, 5.74) is 1.67. The summed E-state index contributed by atoms with van der Waals surface area (Å²) in [4.78, 5) is 12.2.